The van der Waals surface area contributed by atoms with Gasteiger partial charge in [0.15, 0.2) is 12.6 Å². The van der Waals surface area contributed by atoms with Gasteiger partial charge in [-0.1, -0.05) is 230 Å². The number of amides is 1. The second-order valence-electron chi connectivity index (χ2n) is 21.8. The molecule has 75 heavy (non-hydrogen) atoms. The average molecular weight is 1070 g/mol. The van der Waals surface area contributed by atoms with E-state index in [1.165, 1.54) is 180 Å². The van der Waals surface area contributed by atoms with Crippen molar-refractivity contribution in [3.8, 4) is 0 Å². The molecule has 2 aliphatic rings. The van der Waals surface area contributed by atoms with Gasteiger partial charge in [0, 0.05) is 6.42 Å². The van der Waals surface area contributed by atoms with Crippen LogP contribution in [0.15, 0.2) is 36.5 Å². The number of hydrogen-bond donors (Lipinski definition) is 9. The van der Waals surface area contributed by atoms with Gasteiger partial charge < -0.3 is 65.1 Å². The largest absolute Gasteiger partial charge is 0.394 e. The summed E-state index contributed by atoms with van der Waals surface area (Å²) in [6.07, 6.45) is 40.6. The molecule has 0 aromatic rings. The molecule has 2 fully saturated rings. The van der Waals surface area contributed by atoms with Crippen LogP contribution in [-0.4, -0.2) is 140 Å². The van der Waals surface area contributed by atoms with Gasteiger partial charge in [-0.3, -0.25) is 4.79 Å². The topological polar surface area (TPSA) is 228 Å². The molecule has 0 radical (unpaired) electrons. The molecule has 14 nitrogen and oxygen atoms in total. The first-order valence-electron chi connectivity index (χ1n) is 30.7. The van der Waals surface area contributed by atoms with Crippen LogP contribution in [0.5, 0.6) is 0 Å². The summed E-state index contributed by atoms with van der Waals surface area (Å²) in [5.41, 5.74) is 0. The number of carbonyl (C=O) groups is 1. The highest BCUT2D eigenvalue weighted by molar-refractivity contribution is 5.76. The van der Waals surface area contributed by atoms with E-state index in [1.54, 1.807) is 6.08 Å². The van der Waals surface area contributed by atoms with Gasteiger partial charge >= 0.3 is 0 Å². The fourth-order valence-electron chi connectivity index (χ4n) is 10.1. The summed E-state index contributed by atoms with van der Waals surface area (Å²) in [6, 6.07) is -0.912. The first kappa shape index (κ1) is 69.3. The van der Waals surface area contributed by atoms with Crippen molar-refractivity contribution in [1.29, 1.82) is 0 Å². The van der Waals surface area contributed by atoms with Gasteiger partial charge in [-0.15, -0.1) is 0 Å². The molecule has 2 aliphatic heterocycles. The lowest BCUT2D eigenvalue weighted by Gasteiger charge is -2.46. The molecule has 2 heterocycles. The van der Waals surface area contributed by atoms with Gasteiger partial charge in [0.2, 0.25) is 5.91 Å². The predicted octanol–water partition coefficient (Wildman–Crippen LogP) is 10.6. The zero-order valence-corrected chi connectivity index (χ0v) is 47.3. The minimum atomic E-state index is -1.79. The molecule has 0 saturated carbocycles. The maximum atomic E-state index is 13.2. The molecule has 12 unspecified atom stereocenters. The lowest BCUT2D eigenvalue weighted by Crippen LogP contribution is -2.65. The van der Waals surface area contributed by atoms with E-state index in [2.05, 4.69) is 43.5 Å². The Bertz CT molecular complexity index is 1400. The summed E-state index contributed by atoms with van der Waals surface area (Å²) < 4.78 is 22.8. The van der Waals surface area contributed by atoms with Crippen LogP contribution in [0.1, 0.15) is 251 Å². The number of hydrogen-bond acceptors (Lipinski definition) is 13. The second-order valence-corrected chi connectivity index (χ2v) is 21.8. The summed E-state index contributed by atoms with van der Waals surface area (Å²) >= 11 is 0. The summed E-state index contributed by atoms with van der Waals surface area (Å²) in [5.74, 6) is -0.238. The van der Waals surface area contributed by atoms with Crippen molar-refractivity contribution >= 4 is 5.91 Å². The lowest BCUT2D eigenvalue weighted by atomic mass is 9.97. The SMILES string of the molecule is CCCCCCC/C=C\C/C=C\CCCCCCCCCCCCCCCCCCCC(=O)NC(COC1OC(CO)C(OC2OC(CO)C(O)C(O)C2O)C(O)C1O)C(O)/C=C/CCCCCCCCCCCC. The predicted molar refractivity (Wildman–Crippen MR) is 300 cm³/mol. The van der Waals surface area contributed by atoms with Crippen molar-refractivity contribution < 1.29 is 64.6 Å². The average Bonchev–Trinajstić information content (AvgIpc) is 3.41. The number of aliphatic hydroxyl groups is 8. The summed E-state index contributed by atoms with van der Waals surface area (Å²) in [4.78, 5) is 13.2. The third-order valence-electron chi connectivity index (χ3n) is 15.1. The maximum absolute atomic E-state index is 13.2. The minimum absolute atomic E-state index is 0.238. The Morgan fingerprint density at radius 1 is 0.480 bits per heavy atom. The van der Waals surface area contributed by atoms with E-state index in [-0.39, 0.29) is 18.9 Å². The van der Waals surface area contributed by atoms with Crippen molar-refractivity contribution in [3.05, 3.63) is 36.5 Å². The van der Waals surface area contributed by atoms with E-state index in [1.807, 2.05) is 6.08 Å². The normalized spacial score (nSPS) is 25.3. The van der Waals surface area contributed by atoms with Gasteiger partial charge in [-0.25, -0.2) is 0 Å². The van der Waals surface area contributed by atoms with Crippen molar-refractivity contribution in [3.63, 3.8) is 0 Å². The monoisotopic (exact) mass is 1070 g/mol. The minimum Gasteiger partial charge on any atom is -0.394 e. The Balaban J connectivity index is 1.66. The molecule has 12 atom stereocenters. The van der Waals surface area contributed by atoms with Gasteiger partial charge in [-0.2, -0.15) is 0 Å². The van der Waals surface area contributed by atoms with Gasteiger partial charge in [0.25, 0.3) is 0 Å². The summed E-state index contributed by atoms with van der Waals surface area (Å²) in [6.45, 7) is 2.79. The fraction of sp³-hybridized carbons (Fsp3) is 0.885. The maximum Gasteiger partial charge on any atom is 0.220 e. The van der Waals surface area contributed by atoms with Crippen LogP contribution in [0.25, 0.3) is 0 Å². The first-order chi connectivity index (χ1) is 36.6. The Morgan fingerprint density at radius 3 is 1.33 bits per heavy atom. The summed E-state index contributed by atoms with van der Waals surface area (Å²) in [5, 5.41) is 87.0. The van der Waals surface area contributed by atoms with Crippen molar-refractivity contribution in [2.75, 3.05) is 19.8 Å². The highest BCUT2D eigenvalue weighted by Crippen LogP contribution is 2.30. The molecule has 0 aromatic carbocycles. The molecule has 0 aromatic heterocycles. The van der Waals surface area contributed by atoms with Crippen LogP contribution in [0.4, 0.5) is 0 Å². The Kier molecular flexibility index (Phi) is 43.5. The zero-order valence-electron chi connectivity index (χ0n) is 47.3. The lowest BCUT2D eigenvalue weighted by molar-refractivity contribution is -0.359. The van der Waals surface area contributed by atoms with Crippen LogP contribution in [0.2, 0.25) is 0 Å². The zero-order chi connectivity index (χ0) is 54.6. The standard InChI is InChI=1S/C61H113NO13/c1-3-5-7-9-11-13-15-17-18-19-20-21-22-23-24-25-26-27-28-29-30-31-32-33-35-37-39-41-43-45-53(66)62-49(50(65)44-42-40-38-36-34-16-14-12-10-8-6-4-2)48-72-60-58(71)56(69)59(52(47-64)74-60)75-61-57(70)55(68)54(67)51(46-63)73-61/h15,17,19-20,42,44,49-52,54-61,63-65,67-71H,3-14,16,18,21-41,43,45-48H2,1-2H3,(H,62,66)/b17-15-,20-19-,44-42+. The number of rotatable bonds is 49. The number of nitrogens with one attached hydrogen (secondary N) is 1. The number of unbranched alkanes of at least 4 members (excludes halogenated alkanes) is 32. The molecule has 1 amide bonds. The number of ether oxygens (including phenoxy) is 4. The number of aliphatic hydroxyl groups excluding tert-OH is 8. The third-order valence-corrected chi connectivity index (χ3v) is 15.1. The van der Waals surface area contributed by atoms with E-state index < -0.39 is 86.8 Å². The smallest absolute Gasteiger partial charge is 0.220 e. The van der Waals surface area contributed by atoms with Gasteiger partial charge in [-0.05, 0) is 51.4 Å². The molecular weight excluding hydrogens is 955 g/mol. The van der Waals surface area contributed by atoms with Crippen LogP contribution >= 0.6 is 0 Å². The number of allylic oxidation sites excluding steroid dienone is 5. The Labute approximate surface area is 455 Å². The Morgan fingerprint density at radius 2 is 0.880 bits per heavy atom. The van der Waals surface area contributed by atoms with Crippen molar-refractivity contribution in [2.45, 2.75) is 325 Å². The van der Waals surface area contributed by atoms with Crippen LogP contribution in [0, 0.1) is 0 Å². The second kappa shape index (κ2) is 47.1. The molecule has 0 aliphatic carbocycles. The quantitative estimate of drug-likeness (QED) is 0.0204. The molecule has 0 bridgehead atoms. The molecule has 2 rings (SSSR count). The van der Waals surface area contributed by atoms with Gasteiger partial charge in [0.05, 0.1) is 32.0 Å². The fourth-order valence-corrected chi connectivity index (χ4v) is 10.1. The van der Waals surface area contributed by atoms with E-state index in [0.29, 0.717) is 6.42 Å². The van der Waals surface area contributed by atoms with E-state index >= 15 is 0 Å². The van der Waals surface area contributed by atoms with Crippen molar-refractivity contribution in [2.24, 2.45) is 0 Å². The van der Waals surface area contributed by atoms with E-state index in [9.17, 15) is 45.6 Å². The number of carbonyl (C=O) groups excluding carboxylic acids is 1. The molecule has 0 spiro atoms. The Hall–Kier alpha value is -1.79. The molecule has 9 N–H and O–H groups in total. The highest BCUT2D eigenvalue weighted by atomic mass is 16.7. The molecule has 440 valence electrons. The van der Waals surface area contributed by atoms with Crippen LogP contribution < -0.4 is 5.32 Å². The third kappa shape index (κ3) is 32.8. The van der Waals surface area contributed by atoms with Crippen LogP contribution in [-0.2, 0) is 23.7 Å². The summed E-state index contributed by atoms with van der Waals surface area (Å²) in [7, 11) is 0. The first-order valence-corrected chi connectivity index (χ1v) is 30.7. The molecule has 14 heteroatoms. The van der Waals surface area contributed by atoms with Crippen molar-refractivity contribution in [1.82, 2.24) is 5.32 Å². The van der Waals surface area contributed by atoms with E-state index in [4.69, 9.17) is 18.9 Å². The highest BCUT2D eigenvalue weighted by Gasteiger charge is 2.51. The molecule has 2 saturated heterocycles. The van der Waals surface area contributed by atoms with Crippen LogP contribution in [0.3, 0.4) is 0 Å². The molecular formula is C61H113NO13. The van der Waals surface area contributed by atoms with Gasteiger partial charge in [0.1, 0.15) is 48.8 Å². The van der Waals surface area contributed by atoms with E-state index in [0.717, 1.165) is 44.9 Å².